The van der Waals surface area contributed by atoms with E-state index in [4.69, 9.17) is 4.74 Å². The van der Waals surface area contributed by atoms with Crippen molar-refractivity contribution in [3.8, 4) is 0 Å². The zero-order chi connectivity index (χ0) is 21.6. The van der Waals surface area contributed by atoms with Crippen molar-refractivity contribution in [3.63, 3.8) is 0 Å². The molecule has 30 heavy (non-hydrogen) atoms. The molecule has 9 heteroatoms. The molecule has 3 rings (SSSR count). The molecule has 0 aliphatic heterocycles. The molecule has 0 aliphatic carbocycles. The number of rotatable bonds is 8. The summed E-state index contributed by atoms with van der Waals surface area (Å²) in [4.78, 5) is 24.8. The highest BCUT2D eigenvalue weighted by Crippen LogP contribution is 2.19. The zero-order valence-corrected chi connectivity index (χ0v) is 17.8. The Morgan fingerprint density at radius 3 is 2.50 bits per heavy atom. The Bertz CT molecular complexity index is 1180. The molecule has 156 valence electrons. The van der Waals surface area contributed by atoms with E-state index in [-0.39, 0.29) is 4.90 Å². The first kappa shape index (κ1) is 21.8. The highest BCUT2D eigenvalue weighted by Gasteiger charge is 2.17. The minimum absolute atomic E-state index is 0.0421. The quantitative estimate of drug-likeness (QED) is 0.409. The van der Waals surface area contributed by atoms with Crippen molar-refractivity contribution in [2.45, 2.75) is 9.79 Å². The number of thioether (sulfide) groups is 1. The number of hydrogen-bond donors (Lipinski definition) is 2. The van der Waals surface area contributed by atoms with Gasteiger partial charge in [-0.1, -0.05) is 36.4 Å². The molecule has 0 atom stereocenters. The summed E-state index contributed by atoms with van der Waals surface area (Å²) >= 11 is 1.53. The van der Waals surface area contributed by atoms with Crippen molar-refractivity contribution >= 4 is 50.1 Å². The average Bonchev–Trinajstić information content (AvgIpc) is 2.76. The predicted molar refractivity (Wildman–Crippen MR) is 117 cm³/mol. The fourth-order valence-electron chi connectivity index (χ4n) is 2.67. The van der Waals surface area contributed by atoms with Crippen LogP contribution in [0.25, 0.3) is 10.8 Å². The number of sulfonamides is 1. The van der Waals surface area contributed by atoms with Crippen LogP contribution in [0.1, 0.15) is 0 Å². The predicted octanol–water partition coefficient (Wildman–Crippen LogP) is 3.02. The second kappa shape index (κ2) is 9.75. The number of hydrogen-bond acceptors (Lipinski definition) is 6. The summed E-state index contributed by atoms with van der Waals surface area (Å²) in [6, 6.07) is 19.3. The number of carbonyl (C=O) groups is 2. The van der Waals surface area contributed by atoms with E-state index >= 15 is 0 Å². The maximum absolute atomic E-state index is 12.4. The fraction of sp³-hybridized carbons (Fsp3) is 0.143. The maximum Gasteiger partial charge on any atom is 0.321 e. The Morgan fingerprint density at radius 1 is 0.967 bits per heavy atom. The van der Waals surface area contributed by atoms with Crippen LogP contribution >= 0.6 is 11.8 Å². The summed E-state index contributed by atoms with van der Waals surface area (Å²) in [5, 5.41) is 4.30. The smallest absolute Gasteiger partial charge is 0.321 e. The third-order valence-corrected chi connectivity index (χ3v) is 6.28. The van der Waals surface area contributed by atoms with E-state index in [1.54, 1.807) is 30.3 Å². The van der Waals surface area contributed by atoms with Crippen molar-refractivity contribution in [2.75, 3.05) is 24.7 Å². The van der Waals surface area contributed by atoms with Gasteiger partial charge in [0.25, 0.3) is 5.91 Å². The van der Waals surface area contributed by atoms with Gasteiger partial charge in [0.2, 0.25) is 10.0 Å². The van der Waals surface area contributed by atoms with Gasteiger partial charge >= 0.3 is 5.97 Å². The lowest BCUT2D eigenvalue weighted by atomic mass is 10.1. The lowest BCUT2D eigenvalue weighted by Gasteiger charge is -2.09. The number of esters is 1. The van der Waals surface area contributed by atoms with E-state index in [0.717, 1.165) is 15.7 Å². The molecule has 0 saturated carbocycles. The SMILES string of the molecule is CSc1cccc(NC(=O)COC(=O)CNS(=O)(=O)c2ccc3ccccc3c2)c1. The highest BCUT2D eigenvalue weighted by molar-refractivity contribution is 7.98. The molecule has 2 N–H and O–H groups in total. The van der Waals surface area contributed by atoms with Gasteiger partial charge in [0, 0.05) is 10.6 Å². The van der Waals surface area contributed by atoms with Gasteiger partial charge in [0.1, 0.15) is 6.54 Å². The summed E-state index contributed by atoms with van der Waals surface area (Å²) in [6.07, 6.45) is 1.92. The van der Waals surface area contributed by atoms with Crippen LogP contribution in [0.2, 0.25) is 0 Å². The molecule has 0 saturated heterocycles. The summed E-state index contributed by atoms with van der Waals surface area (Å²) < 4.78 is 31.9. The van der Waals surface area contributed by atoms with Gasteiger partial charge in [-0.3, -0.25) is 9.59 Å². The Morgan fingerprint density at radius 2 is 1.73 bits per heavy atom. The molecule has 0 aliphatic rings. The van der Waals surface area contributed by atoms with E-state index < -0.39 is 35.1 Å². The molecule has 3 aromatic carbocycles. The minimum Gasteiger partial charge on any atom is -0.455 e. The van der Waals surface area contributed by atoms with Crippen molar-refractivity contribution in [3.05, 3.63) is 66.7 Å². The first-order valence-corrected chi connectivity index (χ1v) is 11.7. The molecule has 0 bridgehead atoms. The van der Waals surface area contributed by atoms with Gasteiger partial charge in [-0.05, 0) is 47.4 Å². The van der Waals surface area contributed by atoms with Crippen LogP contribution in [0.3, 0.4) is 0 Å². The summed E-state index contributed by atoms with van der Waals surface area (Å²) in [5.41, 5.74) is 0.583. The first-order chi connectivity index (χ1) is 14.4. The molecule has 0 fully saturated rings. The van der Waals surface area contributed by atoms with E-state index in [1.165, 1.54) is 23.9 Å². The number of benzene rings is 3. The number of amides is 1. The van der Waals surface area contributed by atoms with Crippen LogP contribution in [0.5, 0.6) is 0 Å². The van der Waals surface area contributed by atoms with Crippen molar-refractivity contribution in [1.82, 2.24) is 4.72 Å². The van der Waals surface area contributed by atoms with Gasteiger partial charge in [-0.2, -0.15) is 4.72 Å². The molecule has 3 aromatic rings. The van der Waals surface area contributed by atoms with Gasteiger partial charge in [0.05, 0.1) is 4.90 Å². The van der Waals surface area contributed by atoms with Crippen LogP contribution in [-0.4, -0.2) is 39.7 Å². The third-order valence-electron chi connectivity index (χ3n) is 4.16. The molecular weight excluding hydrogens is 424 g/mol. The molecule has 0 radical (unpaired) electrons. The minimum atomic E-state index is -3.90. The molecule has 0 spiro atoms. The van der Waals surface area contributed by atoms with Crippen LogP contribution in [-0.2, 0) is 24.3 Å². The van der Waals surface area contributed by atoms with E-state index in [0.29, 0.717) is 5.69 Å². The third kappa shape index (κ3) is 5.82. The summed E-state index contributed by atoms with van der Waals surface area (Å²) in [6.45, 7) is -1.09. The van der Waals surface area contributed by atoms with E-state index in [9.17, 15) is 18.0 Å². The average molecular weight is 445 g/mol. The standard InChI is InChI=1S/C21H20N2O5S2/c1-29-18-8-4-7-17(12-18)23-20(24)14-28-21(25)13-22-30(26,27)19-10-9-15-5-2-3-6-16(15)11-19/h2-12,22H,13-14H2,1H3,(H,23,24). The number of nitrogens with one attached hydrogen (secondary N) is 2. The van der Waals surface area contributed by atoms with Crippen LogP contribution in [0.15, 0.2) is 76.5 Å². The van der Waals surface area contributed by atoms with Crippen LogP contribution in [0.4, 0.5) is 5.69 Å². The Kier molecular flexibility index (Phi) is 7.09. The van der Waals surface area contributed by atoms with Gasteiger partial charge < -0.3 is 10.1 Å². The topological polar surface area (TPSA) is 102 Å². The van der Waals surface area contributed by atoms with Gasteiger partial charge in [-0.25, -0.2) is 8.42 Å². The van der Waals surface area contributed by atoms with Crippen molar-refractivity contribution in [1.29, 1.82) is 0 Å². The molecule has 0 aromatic heterocycles. The molecular formula is C21H20N2O5S2. The summed E-state index contributed by atoms with van der Waals surface area (Å²) in [5.74, 6) is -1.37. The normalized spacial score (nSPS) is 11.2. The second-order valence-electron chi connectivity index (χ2n) is 6.27. The monoisotopic (exact) mass is 444 g/mol. The maximum atomic E-state index is 12.4. The van der Waals surface area contributed by atoms with Gasteiger partial charge in [0.15, 0.2) is 6.61 Å². The zero-order valence-electron chi connectivity index (χ0n) is 16.1. The molecule has 0 heterocycles. The highest BCUT2D eigenvalue weighted by atomic mass is 32.2. The second-order valence-corrected chi connectivity index (χ2v) is 8.92. The number of carbonyl (C=O) groups excluding carboxylic acids is 2. The van der Waals surface area contributed by atoms with Crippen LogP contribution in [0, 0.1) is 0 Å². The van der Waals surface area contributed by atoms with Crippen molar-refractivity contribution in [2.24, 2.45) is 0 Å². The first-order valence-electron chi connectivity index (χ1n) is 8.95. The summed E-state index contributed by atoms with van der Waals surface area (Å²) in [7, 11) is -3.90. The van der Waals surface area contributed by atoms with E-state index in [1.807, 2.05) is 30.5 Å². The number of fused-ring (bicyclic) bond motifs is 1. The molecule has 0 unspecified atom stereocenters. The largest absolute Gasteiger partial charge is 0.455 e. The number of ether oxygens (including phenoxy) is 1. The number of anilines is 1. The fourth-order valence-corrected chi connectivity index (χ4v) is 4.13. The lowest BCUT2D eigenvalue weighted by Crippen LogP contribution is -2.32. The molecule has 7 nitrogen and oxygen atoms in total. The van der Waals surface area contributed by atoms with Gasteiger partial charge in [-0.15, -0.1) is 11.8 Å². The van der Waals surface area contributed by atoms with Crippen molar-refractivity contribution < 1.29 is 22.7 Å². The van der Waals surface area contributed by atoms with E-state index in [2.05, 4.69) is 10.0 Å². The lowest BCUT2D eigenvalue weighted by molar-refractivity contribution is -0.146. The van der Waals surface area contributed by atoms with Crippen LogP contribution < -0.4 is 10.0 Å². The molecule has 1 amide bonds. The Labute approximate surface area is 178 Å². The Balaban J connectivity index is 1.51. The Hall–Kier alpha value is -2.88.